The highest BCUT2D eigenvalue weighted by Gasteiger charge is 2.34. The van der Waals surface area contributed by atoms with Crippen molar-refractivity contribution in [2.75, 3.05) is 33.9 Å². The van der Waals surface area contributed by atoms with Crippen LogP contribution in [0, 0.1) is 0 Å². The van der Waals surface area contributed by atoms with Gasteiger partial charge in [0.1, 0.15) is 5.75 Å². The first-order valence-corrected chi connectivity index (χ1v) is 9.46. The van der Waals surface area contributed by atoms with E-state index in [9.17, 15) is 0 Å². The molecule has 0 aliphatic carbocycles. The van der Waals surface area contributed by atoms with Crippen LogP contribution in [0.1, 0.15) is 24.0 Å². The SMILES string of the molecule is CN=C(NCc1ccc(OC)cc1)NCC1(c2ccccc2)CCOCC1. The zero-order valence-electron chi connectivity index (χ0n) is 16.2. The van der Waals surface area contributed by atoms with Crippen molar-refractivity contribution in [3.05, 3.63) is 65.7 Å². The van der Waals surface area contributed by atoms with Gasteiger partial charge in [0.2, 0.25) is 0 Å². The van der Waals surface area contributed by atoms with Gasteiger partial charge in [-0.1, -0.05) is 42.5 Å². The Bertz CT molecular complexity index is 723. The Morgan fingerprint density at radius 3 is 2.37 bits per heavy atom. The van der Waals surface area contributed by atoms with Crippen LogP contribution >= 0.6 is 0 Å². The van der Waals surface area contributed by atoms with E-state index in [-0.39, 0.29) is 5.41 Å². The van der Waals surface area contributed by atoms with Crippen LogP contribution in [0.25, 0.3) is 0 Å². The van der Waals surface area contributed by atoms with Crippen LogP contribution in [0.3, 0.4) is 0 Å². The summed E-state index contributed by atoms with van der Waals surface area (Å²) in [5.74, 6) is 1.68. The lowest BCUT2D eigenvalue weighted by atomic mass is 9.74. The molecule has 0 spiro atoms. The Kier molecular flexibility index (Phi) is 6.71. The smallest absolute Gasteiger partial charge is 0.191 e. The average Bonchev–Trinajstić information content (AvgIpc) is 2.75. The van der Waals surface area contributed by atoms with E-state index in [1.807, 2.05) is 19.2 Å². The molecule has 1 saturated heterocycles. The molecule has 1 aliphatic heterocycles. The second kappa shape index (κ2) is 9.42. The molecule has 1 heterocycles. The van der Waals surface area contributed by atoms with Gasteiger partial charge >= 0.3 is 0 Å². The first-order chi connectivity index (χ1) is 13.3. The summed E-state index contributed by atoms with van der Waals surface area (Å²) in [7, 11) is 3.49. The first-order valence-electron chi connectivity index (χ1n) is 9.46. The highest BCUT2D eigenvalue weighted by Crippen LogP contribution is 2.34. The summed E-state index contributed by atoms with van der Waals surface area (Å²) >= 11 is 0. The molecule has 1 aliphatic rings. The Balaban J connectivity index is 1.61. The lowest BCUT2D eigenvalue weighted by Crippen LogP contribution is -2.47. The van der Waals surface area contributed by atoms with E-state index in [2.05, 4.69) is 58.1 Å². The summed E-state index contributed by atoms with van der Waals surface area (Å²) in [6.07, 6.45) is 2.03. The molecule has 1 fully saturated rings. The van der Waals surface area contributed by atoms with Crippen LogP contribution in [0.5, 0.6) is 5.75 Å². The van der Waals surface area contributed by atoms with E-state index in [0.29, 0.717) is 6.54 Å². The van der Waals surface area contributed by atoms with Gasteiger partial charge in [0.05, 0.1) is 7.11 Å². The van der Waals surface area contributed by atoms with Crippen molar-refractivity contribution >= 4 is 5.96 Å². The molecule has 27 heavy (non-hydrogen) atoms. The van der Waals surface area contributed by atoms with E-state index in [0.717, 1.165) is 44.3 Å². The molecule has 5 heteroatoms. The van der Waals surface area contributed by atoms with Crippen molar-refractivity contribution in [1.29, 1.82) is 0 Å². The fraction of sp³-hybridized carbons (Fsp3) is 0.409. The van der Waals surface area contributed by atoms with Crippen molar-refractivity contribution < 1.29 is 9.47 Å². The van der Waals surface area contributed by atoms with Crippen LogP contribution in [0.2, 0.25) is 0 Å². The minimum absolute atomic E-state index is 0.0806. The van der Waals surface area contributed by atoms with Crippen molar-refractivity contribution in [1.82, 2.24) is 10.6 Å². The van der Waals surface area contributed by atoms with Crippen LogP contribution < -0.4 is 15.4 Å². The van der Waals surface area contributed by atoms with Gasteiger partial charge in [-0.05, 0) is 36.1 Å². The molecule has 0 saturated carbocycles. The van der Waals surface area contributed by atoms with Gasteiger partial charge in [0.25, 0.3) is 0 Å². The zero-order valence-corrected chi connectivity index (χ0v) is 16.2. The third-order valence-electron chi connectivity index (χ3n) is 5.27. The van der Waals surface area contributed by atoms with Crippen LogP contribution in [-0.2, 0) is 16.7 Å². The standard InChI is InChI=1S/C22H29N3O2/c1-23-21(24-16-18-8-10-20(26-2)11-9-18)25-17-22(12-14-27-15-13-22)19-6-4-3-5-7-19/h3-11H,12-17H2,1-2H3,(H2,23,24,25). The van der Waals surface area contributed by atoms with E-state index >= 15 is 0 Å². The molecule has 0 amide bonds. The number of nitrogens with one attached hydrogen (secondary N) is 2. The lowest BCUT2D eigenvalue weighted by Gasteiger charge is -2.38. The zero-order chi connectivity index (χ0) is 19.0. The predicted octanol–water partition coefficient (Wildman–Crippen LogP) is 3.11. The number of methoxy groups -OCH3 is 1. The molecule has 0 bridgehead atoms. The summed E-state index contributed by atoms with van der Waals surface area (Å²) in [4.78, 5) is 4.38. The largest absolute Gasteiger partial charge is 0.497 e. The maximum atomic E-state index is 5.62. The van der Waals surface area contributed by atoms with Crippen LogP contribution in [-0.4, -0.2) is 39.9 Å². The first kappa shape index (κ1) is 19.2. The molecule has 3 rings (SSSR count). The van der Waals surface area contributed by atoms with E-state index in [1.54, 1.807) is 7.11 Å². The molecule has 0 atom stereocenters. The number of nitrogens with zero attached hydrogens (tertiary/aromatic N) is 1. The maximum absolute atomic E-state index is 5.62. The van der Waals surface area contributed by atoms with Gasteiger partial charge in [0.15, 0.2) is 5.96 Å². The minimum atomic E-state index is 0.0806. The van der Waals surface area contributed by atoms with Crippen LogP contribution in [0.4, 0.5) is 0 Å². The number of rotatable bonds is 6. The van der Waals surface area contributed by atoms with Gasteiger partial charge in [-0.2, -0.15) is 0 Å². The van der Waals surface area contributed by atoms with Gasteiger partial charge in [-0.25, -0.2) is 0 Å². The van der Waals surface area contributed by atoms with Gasteiger partial charge in [-0.3, -0.25) is 4.99 Å². The topological polar surface area (TPSA) is 54.9 Å². The van der Waals surface area contributed by atoms with Crippen LogP contribution in [0.15, 0.2) is 59.6 Å². The Labute approximate surface area is 161 Å². The number of hydrogen-bond donors (Lipinski definition) is 2. The molecule has 5 nitrogen and oxygen atoms in total. The monoisotopic (exact) mass is 367 g/mol. The summed E-state index contributed by atoms with van der Waals surface area (Å²) in [6, 6.07) is 18.8. The highest BCUT2D eigenvalue weighted by atomic mass is 16.5. The predicted molar refractivity (Wildman–Crippen MR) is 109 cm³/mol. The van der Waals surface area contributed by atoms with E-state index < -0.39 is 0 Å². The summed E-state index contributed by atoms with van der Waals surface area (Å²) in [5.41, 5.74) is 2.63. The highest BCUT2D eigenvalue weighted by molar-refractivity contribution is 5.79. The van der Waals surface area contributed by atoms with Crippen molar-refractivity contribution in [2.24, 2.45) is 4.99 Å². The van der Waals surface area contributed by atoms with Crippen molar-refractivity contribution in [2.45, 2.75) is 24.8 Å². The van der Waals surface area contributed by atoms with E-state index in [1.165, 1.54) is 11.1 Å². The number of hydrogen-bond acceptors (Lipinski definition) is 3. The van der Waals surface area contributed by atoms with Gasteiger partial charge in [0, 0.05) is 38.8 Å². The lowest BCUT2D eigenvalue weighted by molar-refractivity contribution is 0.0514. The minimum Gasteiger partial charge on any atom is -0.497 e. The summed E-state index contributed by atoms with van der Waals surface area (Å²) in [6.45, 7) is 3.15. The number of aliphatic imine (C=N–C) groups is 1. The molecule has 144 valence electrons. The molecular weight excluding hydrogens is 338 g/mol. The third-order valence-corrected chi connectivity index (χ3v) is 5.27. The van der Waals surface area contributed by atoms with Crippen molar-refractivity contribution in [3.63, 3.8) is 0 Å². The molecule has 2 aromatic rings. The number of ether oxygens (including phenoxy) is 2. The van der Waals surface area contributed by atoms with Gasteiger partial charge in [-0.15, -0.1) is 0 Å². The molecule has 0 aromatic heterocycles. The molecule has 0 radical (unpaired) electrons. The van der Waals surface area contributed by atoms with Crippen molar-refractivity contribution in [3.8, 4) is 5.75 Å². The second-order valence-corrected chi connectivity index (χ2v) is 6.89. The number of guanidine groups is 1. The Morgan fingerprint density at radius 1 is 1.04 bits per heavy atom. The fourth-order valence-electron chi connectivity index (χ4n) is 3.52. The fourth-order valence-corrected chi connectivity index (χ4v) is 3.52. The molecular formula is C22H29N3O2. The molecule has 0 unspecified atom stereocenters. The maximum Gasteiger partial charge on any atom is 0.191 e. The van der Waals surface area contributed by atoms with E-state index in [4.69, 9.17) is 9.47 Å². The molecule has 2 aromatic carbocycles. The normalized spacial score (nSPS) is 16.6. The summed E-state index contributed by atoms with van der Waals surface area (Å²) < 4.78 is 10.8. The Hall–Kier alpha value is -2.53. The Morgan fingerprint density at radius 2 is 1.74 bits per heavy atom. The summed E-state index contributed by atoms with van der Waals surface area (Å²) in [5, 5.41) is 6.93. The second-order valence-electron chi connectivity index (χ2n) is 6.89. The third kappa shape index (κ3) is 5.01. The van der Waals surface area contributed by atoms with Gasteiger partial charge < -0.3 is 20.1 Å². The quantitative estimate of drug-likeness (QED) is 0.608. The average molecular weight is 367 g/mol. The molecule has 2 N–H and O–H groups in total. The number of benzene rings is 2.